The molecule has 0 aliphatic rings. The van der Waals surface area contributed by atoms with E-state index in [9.17, 15) is 4.79 Å². The van der Waals surface area contributed by atoms with Crippen LogP contribution in [-0.4, -0.2) is 21.2 Å². The largest absolute Gasteiger partial charge is 0.444 e. The van der Waals surface area contributed by atoms with Crippen molar-refractivity contribution in [3.05, 3.63) is 42.4 Å². The second-order valence-corrected chi connectivity index (χ2v) is 6.20. The second-order valence-electron chi connectivity index (χ2n) is 6.20. The van der Waals surface area contributed by atoms with Crippen molar-refractivity contribution in [3.63, 3.8) is 0 Å². The molecule has 6 nitrogen and oxygen atoms in total. The fourth-order valence-corrected chi connectivity index (χ4v) is 2.09. The van der Waals surface area contributed by atoms with Crippen molar-refractivity contribution < 1.29 is 9.53 Å². The highest BCUT2D eigenvalue weighted by atomic mass is 16.6. The molecule has 0 unspecified atom stereocenters. The Morgan fingerprint density at radius 1 is 1.30 bits per heavy atom. The number of aromatic nitrogens is 2. The Morgan fingerprint density at radius 2 is 2.09 bits per heavy atom. The van der Waals surface area contributed by atoms with Gasteiger partial charge >= 0.3 is 6.09 Å². The van der Waals surface area contributed by atoms with Crippen LogP contribution in [0.25, 0.3) is 0 Å². The summed E-state index contributed by atoms with van der Waals surface area (Å²) >= 11 is 0. The van der Waals surface area contributed by atoms with Crippen molar-refractivity contribution in [1.29, 1.82) is 0 Å². The molecule has 0 aliphatic heterocycles. The minimum absolute atomic E-state index is 0.460. The molecule has 0 saturated carbocycles. The van der Waals surface area contributed by atoms with E-state index in [1.165, 1.54) is 5.69 Å². The molecule has 0 aromatic carbocycles. The third-order valence-corrected chi connectivity index (χ3v) is 3.13. The molecule has 2 heterocycles. The Balaban J connectivity index is 1.88. The van der Waals surface area contributed by atoms with E-state index in [1.807, 2.05) is 32.9 Å². The summed E-state index contributed by atoms with van der Waals surface area (Å²) in [5.41, 5.74) is 1.58. The zero-order chi connectivity index (χ0) is 16.9. The molecule has 2 aromatic rings. The van der Waals surface area contributed by atoms with Gasteiger partial charge in [-0.15, -0.1) is 0 Å². The number of nitrogens with zero attached hydrogens (tertiary/aromatic N) is 2. The molecule has 0 spiro atoms. The van der Waals surface area contributed by atoms with E-state index in [1.54, 1.807) is 12.3 Å². The van der Waals surface area contributed by atoms with Crippen LogP contribution in [0.15, 0.2) is 36.7 Å². The van der Waals surface area contributed by atoms with Crippen molar-refractivity contribution >= 4 is 17.6 Å². The number of pyridine rings is 1. The van der Waals surface area contributed by atoms with Crippen LogP contribution in [0.4, 0.5) is 16.3 Å². The molecular weight excluding hydrogens is 292 g/mol. The Labute approximate surface area is 136 Å². The highest BCUT2D eigenvalue weighted by Crippen LogP contribution is 2.13. The van der Waals surface area contributed by atoms with E-state index in [0.29, 0.717) is 5.82 Å². The third-order valence-electron chi connectivity index (χ3n) is 3.13. The minimum atomic E-state index is -0.528. The van der Waals surface area contributed by atoms with Crippen LogP contribution in [-0.2, 0) is 17.8 Å². The van der Waals surface area contributed by atoms with Crippen LogP contribution in [0.2, 0.25) is 0 Å². The molecule has 2 N–H and O–H groups in total. The van der Waals surface area contributed by atoms with Crippen LogP contribution in [0, 0.1) is 0 Å². The van der Waals surface area contributed by atoms with E-state index in [2.05, 4.69) is 39.4 Å². The molecule has 2 rings (SSSR count). The van der Waals surface area contributed by atoms with Crippen LogP contribution < -0.4 is 10.6 Å². The molecule has 0 radical (unpaired) electrons. The van der Waals surface area contributed by atoms with Gasteiger partial charge in [0.05, 0.1) is 18.4 Å². The third kappa shape index (κ3) is 5.32. The molecule has 6 heteroatoms. The summed E-state index contributed by atoms with van der Waals surface area (Å²) in [5, 5.41) is 5.92. The first-order valence-electron chi connectivity index (χ1n) is 7.71. The summed E-state index contributed by atoms with van der Waals surface area (Å²) < 4.78 is 7.36. The van der Waals surface area contributed by atoms with Crippen molar-refractivity contribution in [3.8, 4) is 0 Å². The number of carbonyl (C=O) groups excluding carboxylic acids is 1. The first kappa shape index (κ1) is 16.9. The fourth-order valence-electron chi connectivity index (χ4n) is 2.09. The number of ether oxygens (including phenoxy) is 1. The van der Waals surface area contributed by atoms with Gasteiger partial charge in [-0.1, -0.05) is 0 Å². The Hall–Kier alpha value is -2.50. The van der Waals surface area contributed by atoms with Crippen molar-refractivity contribution in [1.82, 2.24) is 9.55 Å². The average Bonchev–Trinajstić information content (AvgIpc) is 2.92. The van der Waals surface area contributed by atoms with Gasteiger partial charge in [-0.3, -0.25) is 5.32 Å². The first-order valence-corrected chi connectivity index (χ1v) is 7.71. The maximum Gasteiger partial charge on any atom is 0.413 e. The Kier molecular flexibility index (Phi) is 5.26. The standard InChI is InChI=1S/C17H24N4O2/c1-5-21-10-6-7-14(21)12-18-13-8-9-15(19-11-13)20-16(22)23-17(2,3)4/h6-11,18H,5,12H2,1-4H3,(H,19,20,22). The normalized spacial score (nSPS) is 11.1. The van der Waals surface area contributed by atoms with Crippen LogP contribution in [0.1, 0.15) is 33.4 Å². The van der Waals surface area contributed by atoms with E-state index in [0.717, 1.165) is 18.8 Å². The van der Waals surface area contributed by atoms with Gasteiger partial charge in [-0.05, 0) is 52.0 Å². The highest BCUT2D eigenvalue weighted by Gasteiger charge is 2.16. The van der Waals surface area contributed by atoms with Gasteiger partial charge in [0.15, 0.2) is 0 Å². The molecule has 23 heavy (non-hydrogen) atoms. The zero-order valence-electron chi connectivity index (χ0n) is 14.1. The van der Waals surface area contributed by atoms with Crippen LogP contribution in [0.5, 0.6) is 0 Å². The quantitative estimate of drug-likeness (QED) is 0.879. The SMILES string of the molecule is CCn1cccc1CNc1ccc(NC(=O)OC(C)(C)C)nc1. The maximum absolute atomic E-state index is 11.7. The number of anilines is 2. The summed E-state index contributed by atoms with van der Waals surface area (Å²) in [7, 11) is 0. The molecule has 0 fully saturated rings. The monoisotopic (exact) mass is 316 g/mol. The predicted molar refractivity (Wildman–Crippen MR) is 91.5 cm³/mol. The molecule has 0 saturated heterocycles. The molecule has 1 amide bonds. The first-order chi connectivity index (χ1) is 10.9. The zero-order valence-corrected chi connectivity index (χ0v) is 14.1. The van der Waals surface area contributed by atoms with E-state index in [4.69, 9.17) is 4.74 Å². The lowest BCUT2D eigenvalue weighted by atomic mass is 10.2. The molecule has 2 aromatic heterocycles. The number of aryl methyl sites for hydroxylation is 1. The van der Waals surface area contributed by atoms with Crippen LogP contribution >= 0.6 is 0 Å². The predicted octanol–water partition coefficient (Wildman–Crippen LogP) is 3.86. The Bertz CT molecular complexity index is 641. The number of nitrogens with one attached hydrogen (secondary N) is 2. The highest BCUT2D eigenvalue weighted by molar-refractivity contribution is 5.83. The van der Waals surface area contributed by atoms with Gasteiger partial charge < -0.3 is 14.6 Å². The lowest BCUT2D eigenvalue weighted by molar-refractivity contribution is 0.0635. The van der Waals surface area contributed by atoms with Crippen molar-refractivity contribution in [2.24, 2.45) is 0 Å². The molecule has 124 valence electrons. The minimum Gasteiger partial charge on any atom is -0.444 e. The average molecular weight is 316 g/mol. The number of amides is 1. The van der Waals surface area contributed by atoms with E-state index in [-0.39, 0.29) is 0 Å². The summed E-state index contributed by atoms with van der Waals surface area (Å²) in [6.45, 7) is 9.24. The van der Waals surface area contributed by atoms with Crippen molar-refractivity contribution in [2.45, 2.75) is 46.4 Å². The van der Waals surface area contributed by atoms with Gasteiger partial charge in [0.25, 0.3) is 0 Å². The number of hydrogen-bond donors (Lipinski definition) is 2. The smallest absolute Gasteiger partial charge is 0.413 e. The number of carbonyl (C=O) groups is 1. The molecular formula is C17H24N4O2. The van der Waals surface area contributed by atoms with Gasteiger partial charge in [-0.2, -0.15) is 0 Å². The summed E-state index contributed by atoms with van der Waals surface area (Å²) in [6, 6.07) is 7.74. The molecule has 0 bridgehead atoms. The van der Waals surface area contributed by atoms with E-state index < -0.39 is 11.7 Å². The van der Waals surface area contributed by atoms with Gasteiger partial charge in [0.1, 0.15) is 11.4 Å². The van der Waals surface area contributed by atoms with Crippen molar-refractivity contribution in [2.75, 3.05) is 10.6 Å². The topological polar surface area (TPSA) is 68.2 Å². The van der Waals surface area contributed by atoms with Gasteiger partial charge in [0, 0.05) is 18.4 Å². The fraction of sp³-hybridized carbons (Fsp3) is 0.412. The molecule has 0 aliphatic carbocycles. The Morgan fingerprint density at radius 3 is 2.70 bits per heavy atom. The summed E-state index contributed by atoms with van der Waals surface area (Å²) in [5.74, 6) is 0.460. The van der Waals surface area contributed by atoms with Gasteiger partial charge in [0.2, 0.25) is 0 Å². The lowest BCUT2D eigenvalue weighted by Gasteiger charge is -2.19. The second kappa shape index (κ2) is 7.17. The van der Waals surface area contributed by atoms with Crippen LogP contribution in [0.3, 0.4) is 0 Å². The molecule has 0 atom stereocenters. The number of rotatable bonds is 5. The number of hydrogen-bond acceptors (Lipinski definition) is 4. The van der Waals surface area contributed by atoms with Gasteiger partial charge in [-0.25, -0.2) is 9.78 Å². The maximum atomic E-state index is 11.7. The summed E-state index contributed by atoms with van der Waals surface area (Å²) in [6.07, 6.45) is 3.24. The summed E-state index contributed by atoms with van der Waals surface area (Å²) in [4.78, 5) is 15.9. The van der Waals surface area contributed by atoms with E-state index >= 15 is 0 Å². The lowest BCUT2D eigenvalue weighted by Crippen LogP contribution is -2.27.